The molecule has 3 rings (SSSR count). The number of hydrogen-bond acceptors (Lipinski definition) is 1. The summed E-state index contributed by atoms with van der Waals surface area (Å²) in [5.41, 5.74) is 0.909. The smallest absolute Gasteiger partial charge is 0.159 e. The van der Waals surface area contributed by atoms with Gasteiger partial charge in [0.15, 0.2) is 11.6 Å². The van der Waals surface area contributed by atoms with E-state index in [-0.39, 0.29) is 6.04 Å². The van der Waals surface area contributed by atoms with Crippen LogP contribution in [0.5, 0.6) is 0 Å². The second-order valence-corrected chi connectivity index (χ2v) is 5.94. The van der Waals surface area contributed by atoms with E-state index in [0.29, 0.717) is 5.92 Å². The average Bonchev–Trinajstić information content (AvgIpc) is 2.86. The van der Waals surface area contributed by atoms with Crippen LogP contribution in [0.4, 0.5) is 8.78 Å². The van der Waals surface area contributed by atoms with Gasteiger partial charge in [0.05, 0.1) is 0 Å². The van der Waals surface area contributed by atoms with Crippen molar-refractivity contribution in [1.82, 2.24) is 5.32 Å². The van der Waals surface area contributed by atoms with Crippen LogP contribution in [0.1, 0.15) is 44.2 Å². The Bertz CT molecular complexity index is 450. The normalized spacial score (nSPS) is 30.2. The molecule has 19 heavy (non-hydrogen) atoms. The zero-order valence-electron chi connectivity index (χ0n) is 11.3. The number of rotatable bonds is 5. The van der Waals surface area contributed by atoms with E-state index >= 15 is 0 Å². The van der Waals surface area contributed by atoms with Crippen molar-refractivity contribution in [2.75, 3.05) is 6.54 Å². The molecule has 1 aromatic rings. The fourth-order valence-electron chi connectivity index (χ4n) is 3.85. The van der Waals surface area contributed by atoms with Gasteiger partial charge >= 0.3 is 0 Å². The maximum atomic E-state index is 13.4. The van der Waals surface area contributed by atoms with Crippen molar-refractivity contribution in [2.45, 2.75) is 38.6 Å². The number of fused-ring (bicyclic) bond motifs is 1. The van der Waals surface area contributed by atoms with E-state index in [1.165, 1.54) is 31.4 Å². The first-order valence-corrected chi connectivity index (χ1v) is 7.40. The zero-order chi connectivity index (χ0) is 13.4. The van der Waals surface area contributed by atoms with Gasteiger partial charge in [-0.15, -0.1) is 0 Å². The molecule has 1 nitrogen and oxygen atoms in total. The Hall–Kier alpha value is -0.960. The molecule has 0 aliphatic heterocycles. The predicted molar refractivity (Wildman–Crippen MR) is 71.7 cm³/mol. The minimum absolute atomic E-state index is 0.199. The lowest BCUT2D eigenvalue weighted by Gasteiger charge is -2.21. The van der Waals surface area contributed by atoms with E-state index in [4.69, 9.17) is 0 Å². The summed E-state index contributed by atoms with van der Waals surface area (Å²) in [6.07, 6.45) is 5.01. The van der Waals surface area contributed by atoms with E-state index in [1.54, 1.807) is 6.07 Å². The van der Waals surface area contributed by atoms with Gasteiger partial charge < -0.3 is 5.32 Å². The largest absolute Gasteiger partial charge is 0.310 e. The maximum absolute atomic E-state index is 13.4. The summed E-state index contributed by atoms with van der Waals surface area (Å²) in [6, 6.07) is 4.56. The molecule has 2 aliphatic carbocycles. The monoisotopic (exact) mass is 265 g/mol. The first-order chi connectivity index (χ1) is 9.22. The van der Waals surface area contributed by atoms with Crippen LogP contribution in [-0.2, 0) is 0 Å². The third-order valence-corrected chi connectivity index (χ3v) is 4.77. The third kappa shape index (κ3) is 2.40. The summed E-state index contributed by atoms with van der Waals surface area (Å²) in [5, 5.41) is 3.53. The highest BCUT2D eigenvalue weighted by Gasteiger charge is 2.55. The van der Waals surface area contributed by atoms with Crippen LogP contribution in [0.2, 0.25) is 0 Å². The molecule has 0 saturated heterocycles. The first-order valence-electron chi connectivity index (χ1n) is 7.40. The standard InChI is InChI=1S/C16H21F2N/c1-2-8-19-16(15-11-4-3-5-12(11)15)10-6-7-13(17)14(18)9-10/h6-7,9,11-12,15-16,19H,2-5,8H2,1H3. The molecular weight excluding hydrogens is 244 g/mol. The van der Waals surface area contributed by atoms with Crippen molar-refractivity contribution in [3.8, 4) is 0 Å². The molecule has 0 heterocycles. The minimum atomic E-state index is -0.756. The fraction of sp³-hybridized carbons (Fsp3) is 0.625. The Balaban J connectivity index is 1.80. The SMILES string of the molecule is CCCNC(c1ccc(F)c(F)c1)C1C2CCCC21. The molecule has 0 radical (unpaired) electrons. The molecule has 2 fully saturated rings. The van der Waals surface area contributed by atoms with Crippen LogP contribution in [0.15, 0.2) is 18.2 Å². The fourth-order valence-corrected chi connectivity index (χ4v) is 3.85. The number of halogens is 2. The van der Waals surface area contributed by atoms with Gasteiger partial charge in [-0.25, -0.2) is 8.78 Å². The predicted octanol–water partition coefficient (Wildman–Crippen LogP) is 4.05. The van der Waals surface area contributed by atoms with E-state index in [2.05, 4.69) is 12.2 Å². The van der Waals surface area contributed by atoms with Crippen LogP contribution >= 0.6 is 0 Å². The molecule has 104 valence electrons. The van der Waals surface area contributed by atoms with Crippen molar-refractivity contribution in [1.29, 1.82) is 0 Å². The Kier molecular flexibility index (Phi) is 3.57. The van der Waals surface area contributed by atoms with Crippen molar-refractivity contribution in [3.63, 3.8) is 0 Å². The van der Waals surface area contributed by atoms with Gasteiger partial charge in [0.1, 0.15) is 0 Å². The highest BCUT2D eigenvalue weighted by molar-refractivity contribution is 5.25. The summed E-state index contributed by atoms with van der Waals surface area (Å²) in [7, 11) is 0. The summed E-state index contributed by atoms with van der Waals surface area (Å²) in [4.78, 5) is 0. The molecule has 1 aromatic carbocycles. The molecular formula is C16H21F2N. The Morgan fingerprint density at radius 3 is 2.58 bits per heavy atom. The van der Waals surface area contributed by atoms with Crippen LogP contribution < -0.4 is 5.32 Å². The number of hydrogen-bond donors (Lipinski definition) is 1. The van der Waals surface area contributed by atoms with Gasteiger partial charge in [0.25, 0.3) is 0 Å². The van der Waals surface area contributed by atoms with Crippen LogP contribution in [0.3, 0.4) is 0 Å². The quantitative estimate of drug-likeness (QED) is 0.847. The van der Waals surface area contributed by atoms with Gasteiger partial charge in [0.2, 0.25) is 0 Å². The first kappa shape index (κ1) is 13.0. The van der Waals surface area contributed by atoms with Crippen LogP contribution in [0.25, 0.3) is 0 Å². The molecule has 0 spiro atoms. The molecule has 0 amide bonds. The topological polar surface area (TPSA) is 12.0 Å². The Labute approximate surface area is 113 Å². The van der Waals surface area contributed by atoms with Crippen molar-refractivity contribution in [2.24, 2.45) is 17.8 Å². The number of nitrogens with one attached hydrogen (secondary N) is 1. The van der Waals surface area contributed by atoms with Crippen molar-refractivity contribution in [3.05, 3.63) is 35.4 Å². The molecule has 3 unspecified atom stereocenters. The molecule has 2 aliphatic rings. The van der Waals surface area contributed by atoms with E-state index in [1.807, 2.05) is 0 Å². The lowest BCUT2D eigenvalue weighted by molar-refractivity contribution is 0.413. The van der Waals surface area contributed by atoms with Crippen molar-refractivity contribution < 1.29 is 8.78 Å². The zero-order valence-corrected chi connectivity index (χ0v) is 11.3. The third-order valence-electron chi connectivity index (χ3n) is 4.77. The summed E-state index contributed by atoms with van der Waals surface area (Å²) >= 11 is 0. The summed E-state index contributed by atoms with van der Waals surface area (Å²) in [5.74, 6) is 0.760. The molecule has 2 saturated carbocycles. The highest BCUT2D eigenvalue weighted by atomic mass is 19.2. The minimum Gasteiger partial charge on any atom is -0.310 e. The van der Waals surface area contributed by atoms with Gasteiger partial charge in [-0.2, -0.15) is 0 Å². The van der Waals surface area contributed by atoms with Crippen LogP contribution in [-0.4, -0.2) is 6.54 Å². The summed E-state index contributed by atoms with van der Waals surface area (Å²) in [6.45, 7) is 3.06. The second-order valence-electron chi connectivity index (χ2n) is 5.94. The van der Waals surface area contributed by atoms with E-state index in [9.17, 15) is 8.78 Å². The molecule has 0 bridgehead atoms. The number of benzene rings is 1. The van der Waals surface area contributed by atoms with Gasteiger partial charge in [0, 0.05) is 6.04 Å². The Morgan fingerprint density at radius 1 is 1.21 bits per heavy atom. The molecule has 3 heteroatoms. The lowest BCUT2D eigenvalue weighted by atomic mass is 9.96. The second kappa shape index (κ2) is 5.20. The van der Waals surface area contributed by atoms with Crippen LogP contribution in [0, 0.1) is 29.4 Å². The van der Waals surface area contributed by atoms with Crippen molar-refractivity contribution >= 4 is 0 Å². The molecule has 3 atom stereocenters. The lowest BCUT2D eigenvalue weighted by Crippen LogP contribution is -2.25. The molecule has 0 aromatic heterocycles. The van der Waals surface area contributed by atoms with E-state index < -0.39 is 11.6 Å². The average molecular weight is 265 g/mol. The Morgan fingerprint density at radius 2 is 1.95 bits per heavy atom. The van der Waals surface area contributed by atoms with Gasteiger partial charge in [-0.05, 0) is 61.3 Å². The van der Waals surface area contributed by atoms with E-state index in [0.717, 1.165) is 30.4 Å². The van der Waals surface area contributed by atoms with Gasteiger partial charge in [-0.3, -0.25) is 0 Å². The maximum Gasteiger partial charge on any atom is 0.159 e. The molecule has 1 N–H and O–H groups in total. The van der Waals surface area contributed by atoms with Gasteiger partial charge in [-0.1, -0.05) is 19.4 Å². The summed E-state index contributed by atoms with van der Waals surface area (Å²) < 4.78 is 26.5. The highest BCUT2D eigenvalue weighted by Crippen LogP contribution is 2.62.